The van der Waals surface area contributed by atoms with E-state index in [0.717, 1.165) is 11.3 Å². The fourth-order valence-corrected chi connectivity index (χ4v) is 1.22. The maximum Gasteiger partial charge on any atom is 0.142 e. The zero-order valence-electron chi connectivity index (χ0n) is 7.51. The summed E-state index contributed by atoms with van der Waals surface area (Å²) in [5.74, 6) is 0.407. The van der Waals surface area contributed by atoms with Crippen molar-refractivity contribution in [2.75, 3.05) is 11.5 Å². The van der Waals surface area contributed by atoms with Gasteiger partial charge in [0.25, 0.3) is 0 Å². The molecule has 0 aliphatic rings. The van der Waals surface area contributed by atoms with Crippen LogP contribution < -0.4 is 11.5 Å². The van der Waals surface area contributed by atoms with E-state index < -0.39 is 0 Å². The highest BCUT2D eigenvalue weighted by Crippen LogP contribution is 2.18. The van der Waals surface area contributed by atoms with Crippen molar-refractivity contribution >= 4 is 11.5 Å². The average Bonchev–Trinajstić information content (AvgIpc) is 2.18. The molecule has 70 valence electrons. The number of nitrogens with two attached hydrogens (primary N) is 2. The van der Waals surface area contributed by atoms with E-state index in [-0.39, 0.29) is 0 Å². The second-order valence-corrected chi connectivity index (χ2v) is 2.95. The molecule has 0 saturated carbocycles. The van der Waals surface area contributed by atoms with Crippen molar-refractivity contribution in [3.63, 3.8) is 0 Å². The number of hydrogen-bond acceptors (Lipinski definition) is 4. The fraction of sp³-hybridized carbons (Fsp3) is 0. The summed E-state index contributed by atoms with van der Waals surface area (Å²) in [7, 11) is 0. The van der Waals surface area contributed by atoms with Gasteiger partial charge in [-0.2, -0.15) is 0 Å². The van der Waals surface area contributed by atoms with E-state index in [1.165, 1.54) is 6.20 Å². The molecule has 1 aromatic carbocycles. The maximum atomic E-state index is 5.65. The molecule has 0 fully saturated rings. The molecule has 2 rings (SSSR count). The molecule has 4 nitrogen and oxygen atoms in total. The Bertz CT molecular complexity index is 410. The number of hydrogen-bond donors (Lipinski definition) is 2. The fourth-order valence-electron chi connectivity index (χ4n) is 1.22. The first-order chi connectivity index (χ1) is 6.75. The third-order valence-electron chi connectivity index (χ3n) is 1.84. The molecule has 0 aliphatic carbocycles. The molecule has 0 bridgehead atoms. The van der Waals surface area contributed by atoms with Crippen LogP contribution in [0.25, 0.3) is 11.3 Å². The lowest BCUT2D eigenvalue weighted by Gasteiger charge is -2.01. The quantitative estimate of drug-likeness (QED) is 0.658. The number of rotatable bonds is 1. The largest absolute Gasteiger partial charge is 0.399 e. The van der Waals surface area contributed by atoms with E-state index >= 15 is 0 Å². The van der Waals surface area contributed by atoms with Crippen molar-refractivity contribution < 1.29 is 0 Å². The second-order valence-electron chi connectivity index (χ2n) is 2.95. The van der Waals surface area contributed by atoms with E-state index in [1.807, 2.05) is 24.3 Å². The van der Waals surface area contributed by atoms with E-state index in [2.05, 4.69) is 9.97 Å². The van der Waals surface area contributed by atoms with Crippen LogP contribution in [0.1, 0.15) is 0 Å². The molecular weight excluding hydrogens is 176 g/mol. The minimum absolute atomic E-state index is 0.407. The first-order valence-electron chi connectivity index (χ1n) is 4.19. The highest BCUT2D eigenvalue weighted by Gasteiger charge is 1.99. The number of nitrogen functional groups attached to an aromatic ring is 2. The van der Waals surface area contributed by atoms with Gasteiger partial charge in [-0.15, -0.1) is 0 Å². The van der Waals surface area contributed by atoms with Crippen LogP contribution in [-0.2, 0) is 0 Å². The van der Waals surface area contributed by atoms with Crippen molar-refractivity contribution in [1.29, 1.82) is 0 Å². The number of aromatic nitrogens is 2. The van der Waals surface area contributed by atoms with E-state index in [1.54, 1.807) is 6.20 Å². The summed E-state index contributed by atoms with van der Waals surface area (Å²) in [5.41, 5.74) is 13.5. The van der Waals surface area contributed by atoms with Gasteiger partial charge in [0.15, 0.2) is 0 Å². The van der Waals surface area contributed by atoms with Gasteiger partial charge in [0.2, 0.25) is 0 Å². The lowest BCUT2D eigenvalue weighted by atomic mass is 10.1. The summed E-state index contributed by atoms with van der Waals surface area (Å²) in [5, 5.41) is 0. The zero-order valence-corrected chi connectivity index (χ0v) is 7.51. The van der Waals surface area contributed by atoms with Crippen molar-refractivity contribution in [2.24, 2.45) is 0 Å². The van der Waals surface area contributed by atoms with Crippen LogP contribution in [-0.4, -0.2) is 9.97 Å². The van der Waals surface area contributed by atoms with Crippen LogP contribution in [0.4, 0.5) is 11.5 Å². The Morgan fingerprint density at radius 2 is 1.93 bits per heavy atom. The molecule has 0 saturated heterocycles. The molecule has 0 unspecified atom stereocenters. The Hall–Kier alpha value is -2.10. The molecule has 2 aromatic rings. The van der Waals surface area contributed by atoms with Crippen molar-refractivity contribution in [3.05, 3.63) is 36.7 Å². The van der Waals surface area contributed by atoms with E-state index in [0.29, 0.717) is 11.5 Å². The number of nitrogens with zero attached hydrogens (tertiary/aromatic N) is 2. The highest BCUT2D eigenvalue weighted by molar-refractivity contribution is 5.64. The molecule has 0 radical (unpaired) electrons. The predicted molar refractivity (Wildman–Crippen MR) is 56.3 cm³/mol. The van der Waals surface area contributed by atoms with Gasteiger partial charge in [0.1, 0.15) is 5.82 Å². The molecular formula is C10H10N4. The van der Waals surface area contributed by atoms with Crippen LogP contribution >= 0.6 is 0 Å². The summed E-state index contributed by atoms with van der Waals surface area (Å²) in [6.07, 6.45) is 3.17. The molecule has 4 heteroatoms. The molecule has 1 aromatic heterocycles. The van der Waals surface area contributed by atoms with Crippen LogP contribution in [0.15, 0.2) is 36.7 Å². The summed E-state index contributed by atoms with van der Waals surface area (Å²) < 4.78 is 0. The van der Waals surface area contributed by atoms with Gasteiger partial charge in [-0.1, -0.05) is 12.1 Å². The maximum absolute atomic E-state index is 5.65. The monoisotopic (exact) mass is 186 g/mol. The van der Waals surface area contributed by atoms with Gasteiger partial charge < -0.3 is 11.5 Å². The Morgan fingerprint density at radius 1 is 1.07 bits per heavy atom. The van der Waals surface area contributed by atoms with Gasteiger partial charge in [0, 0.05) is 11.3 Å². The van der Waals surface area contributed by atoms with Gasteiger partial charge >= 0.3 is 0 Å². The summed E-state index contributed by atoms with van der Waals surface area (Å²) in [4.78, 5) is 8.11. The van der Waals surface area contributed by atoms with Gasteiger partial charge in [0.05, 0.1) is 18.1 Å². The SMILES string of the molecule is Nc1cccc(-c2cncc(N)n2)c1. The van der Waals surface area contributed by atoms with Crippen LogP contribution in [0.3, 0.4) is 0 Å². The molecule has 14 heavy (non-hydrogen) atoms. The molecule has 1 heterocycles. The summed E-state index contributed by atoms with van der Waals surface area (Å²) >= 11 is 0. The minimum atomic E-state index is 0.407. The van der Waals surface area contributed by atoms with Crippen molar-refractivity contribution in [3.8, 4) is 11.3 Å². The number of anilines is 2. The van der Waals surface area contributed by atoms with Crippen LogP contribution in [0, 0.1) is 0 Å². The zero-order chi connectivity index (χ0) is 9.97. The third kappa shape index (κ3) is 1.64. The Balaban J connectivity index is 2.49. The van der Waals surface area contributed by atoms with Crippen molar-refractivity contribution in [1.82, 2.24) is 9.97 Å². The van der Waals surface area contributed by atoms with Gasteiger partial charge in [-0.05, 0) is 12.1 Å². The second kappa shape index (κ2) is 3.33. The topological polar surface area (TPSA) is 77.8 Å². The Kier molecular flexibility index (Phi) is 2.02. The van der Waals surface area contributed by atoms with Gasteiger partial charge in [-0.3, -0.25) is 4.98 Å². The molecule has 0 spiro atoms. The Morgan fingerprint density at radius 3 is 2.64 bits per heavy atom. The molecule has 0 aliphatic heterocycles. The highest BCUT2D eigenvalue weighted by atomic mass is 14.9. The van der Waals surface area contributed by atoms with Crippen molar-refractivity contribution in [2.45, 2.75) is 0 Å². The summed E-state index contributed by atoms with van der Waals surface area (Å²) in [6, 6.07) is 7.45. The van der Waals surface area contributed by atoms with Gasteiger partial charge in [-0.25, -0.2) is 4.98 Å². The molecule has 4 N–H and O–H groups in total. The van der Waals surface area contributed by atoms with Crippen LogP contribution in [0.2, 0.25) is 0 Å². The smallest absolute Gasteiger partial charge is 0.142 e. The standard InChI is InChI=1S/C10H10N4/c11-8-3-1-2-7(4-8)9-5-13-6-10(12)14-9/h1-6H,11H2,(H2,12,14). The third-order valence-corrected chi connectivity index (χ3v) is 1.84. The lowest BCUT2D eigenvalue weighted by molar-refractivity contribution is 1.22. The Labute approximate surface area is 81.6 Å². The average molecular weight is 186 g/mol. The first kappa shape index (κ1) is 8.50. The molecule has 0 atom stereocenters. The van der Waals surface area contributed by atoms with E-state index in [9.17, 15) is 0 Å². The predicted octanol–water partition coefficient (Wildman–Crippen LogP) is 1.31. The summed E-state index contributed by atoms with van der Waals surface area (Å²) in [6.45, 7) is 0. The minimum Gasteiger partial charge on any atom is -0.399 e. The normalized spacial score (nSPS) is 10.0. The van der Waals surface area contributed by atoms with E-state index in [4.69, 9.17) is 11.5 Å². The first-order valence-corrected chi connectivity index (χ1v) is 4.19. The lowest BCUT2D eigenvalue weighted by Crippen LogP contribution is -1.94. The van der Waals surface area contributed by atoms with Crippen LogP contribution in [0.5, 0.6) is 0 Å². The number of benzene rings is 1. The molecule has 0 amide bonds.